The van der Waals surface area contributed by atoms with Crippen LogP contribution in [-0.4, -0.2) is 68.3 Å². The van der Waals surface area contributed by atoms with E-state index in [1.54, 1.807) is 0 Å². The lowest BCUT2D eigenvalue weighted by Gasteiger charge is -2.34. The first-order valence-corrected chi connectivity index (χ1v) is 6.73. The highest BCUT2D eigenvalue weighted by atomic mass is 19.4. The van der Waals surface area contributed by atoms with Gasteiger partial charge in [-0.05, 0) is 13.0 Å². The van der Waals surface area contributed by atoms with Crippen LogP contribution in [0.15, 0.2) is 0 Å². The fourth-order valence-electron chi connectivity index (χ4n) is 2.09. The molecule has 0 saturated carbocycles. The standard InChI is InChI=1S/C12H24F3N3/c1-2-3-4-16-5-6-17-7-9-18(10-8-17)11-12(13,14)15/h16H,2-11H2,1H3. The fourth-order valence-corrected chi connectivity index (χ4v) is 2.09. The minimum absolute atomic E-state index is 0.522. The Balaban J connectivity index is 2.05. The van der Waals surface area contributed by atoms with Crippen LogP contribution < -0.4 is 5.32 Å². The zero-order chi connectivity index (χ0) is 13.4. The van der Waals surface area contributed by atoms with Gasteiger partial charge in [0.1, 0.15) is 0 Å². The third-order valence-corrected chi connectivity index (χ3v) is 3.18. The predicted molar refractivity (Wildman–Crippen MR) is 66.7 cm³/mol. The van der Waals surface area contributed by atoms with E-state index >= 15 is 0 Å². The molecule has 1 fully saturated rings. The molecule has 1 N–H and O–H groups in total. The summed E-state index contributed by atoms with van der Waals surface area (Å²) in [7, 11) is 0. The van der Waals surface area contributed by atoms with E-state index < -0.39 is 12.7 Å². The fraction of sp³-hybridized carbons (Fsp3) is 1.00. The van der Waals surface area contributed by atoms with Gasteiger partial charge in [-0.2, -0.15) is 13.2 Å². The van der Waals surface area contributed by atoms with Crippen LogP contribution in [-0.2, 0) is 0 Å². The van der Waals surface area contributed by atoms with Crippen molar-refractivity contribution < 1.29 is 13.2 Å². The average Bonchev–Trinajstić information content (AvgIpc) is 2.29. The summed E-state index contributed by atoms with van der Waals surface area (Å²) in [4.78, 5) is 3.72. The van der Waals surface area contributed by atoms with Crippen molar-refractivity contribution in [1.29, 1.82) is 0 Å². The molecule has 0 aromatic heterocycles. The zero-order valence-electron chi connectivity index (χ0n) is 11.1. The molecule has 0 unspecified atom stereocenters. The molecule has 1 rings (SSSR count). The van der Waals surface area contributed by atoms with Crippen molar-refractivity contribution in [2.45, 2.75) is 25.9 Å². The maximum absolute atomic E-state index is 12.2. The van der Waals surface area contributed by atoms with Gasteiger partial charge in [-0.1, -0.05) is 13.3 Å². The molecule has 0 bridgehead atoms. The van der Waals surface area contributed by atoms with Gasteiger partial charge in [-0.3, -0.25) is 9.80 Å². The first-order chi connectivity index (χ1) is 8.51. The molecule has 0 amide bonds. The summed E-state index contributed by atoms with van der Waals surface area (Å²) in [6, 6.07) is 0. The SMILES string of the molecule is CCCCNCCN1CCN(CC(F)(F)F)CC1. The van der Waals surface area contributed by atoms with Crippen LogP contribution >= 0.6 is 0 Å². The first kappa shape index (κ1) is 15.7. The smallest absolute Gasteiger partial charge is 0.315 e. The molecule has 0 aromatic carbocycles. The molecule has 1 saturated heterocycles. The highest BCUT2D eigenvalue weighted by molar-refractivity contribution is 4.74. The van der Waals surface area contributed by atoms with E-state index in [-0.39, 0.29) is 0 Å². The number of halogens is 3. The van der Waals surface area contributed by atoms with E-state index in [0.29, 0.717) is 13.1 Å². The van der Waals surface area contributed by atoms with Crippen LogP contribution in [0.3, 0.4) is 0 Å². The van der Waals surface area contributed by atoms with Gasteiger partial charge >= 0.3 is 6.18 Å². The topological polar surface area (TPSA) is 18.5 Å². The molecule has 1 aliphatic heterocycles. The maximum atomic E-state index is 12.2. The summed E-state index contributed by atoms with van der Waals surface area (Å²) in [5.74, 6) is 0. The highest BCUT2D eigenvalue weighted by Gasteiger charge is 2.31. The summed E-state index contributed by atoms with van der Waals surface area (Å²) >= 11 is 0. The summed E-state index contributed by atoms with van der Waals surface area (Å²) in [6.07, 6.45) is -1.70. The highest BCUT2D eigenvalue weighted by Crippen LogP contribution is 2.17. The molecule has 108 valence electrons. The second kappa shape index (κ2) is 7.96. The van der Waals surface area contributed by atoms with Crippen LogP contribution in [0.25, 0.3) is 0 Å². The van der Waals surface area contributed by atoms with Crippen LogP contribution in [0.5, 0.6) is 0 Å². The molecule has 1 aliphatic rings. The minimum Gasteiger partial charge on any atom is -0.315 e. The summed E-state index contributed by atoms with van der Waals surface area (Å²) in [5, 5.41) is 3.35. The lowest BCUT2D eigenvalue weighted by atomic mass is 10.3. The van der Waals surface area contributed by atoms with Gasteiger partial charge in [-0.25, -0.2) is 0 Å². The van der Waals surface area contributed by atoms with E-state index in [0.717, 1.165) is 32.7 Å². The number of unbranched alkanes of at least 4 members (excludes halogenated alkanes) is 1. The van der Waals surface area contributed by atoms with E-state index in [1.165, 1.54) is 17.7 Å². The van der Waals surface area contributed by atoms with Gasteiger partial charge in [0.25, 0.3) is 0 Å². The number of piperazine rings is 1. The minimum atomic E-state index is -4.07. The van der Waals surface area contributed by atoms with E-state index in [1.807, 2.05) is 0 Å². The maximum Gasteiger partial charge on any atom is 0.401 e. The third-order valence-electron chi connectivity index (χ3n) is 3.18. The Labute approximate surface area is 107 Å². The molecule has 6 heteroatoms. The molecule has 0 radical (unpaired) electrons. The summed E-state index contributed by atoms with van der Waals surface area (Å²) in [6.45, 7) is 6.81. The number of nitrogens with zero attached hydrogens (tertiary/aromatic N) is 2. The van der Waals surface area contributed by atoms with Gasteiger partial charge in [-0.15, -0.1) is 0 Å². The van der Waals surface area contributed by atoms with Crippen LogP contribution in [0.4, 0.5) is 13.2 Å². The molecule has 1 heterocycles. The average molecular weight is 267 g/mol. The summed E-state index contributed by atoms with van der Waals surface area (Å²) < 4.78 is 36.6. The molecular formula is C12H24F3N3. The second-order valence-corrected chi connectivity index (χ2v) is 4.84. The quantitative estimate of drug-likeness (QED) is 0.706. The first-order valence-electron chi connectivity index (χ1n) is 6.73. The Kier molecular flexibility index (Phi) is 6.96. The molecule has 18 heavy (non-hydrogen) atoms. The number of rotatable bonds is 7. The van der Waals surface area contributed by atoms with Crippen molar-refractivity contribution in [3.8, 4) is 0 Å². The summed E-state index contributed by atoms with van der Waals surface area (Å²) in [5.41, 5.74) is 0. The predicted octanol–water partition coefficient (Wildman–Crippen LogP) is 1.56. The van der Waals surface area contributed by atoms with Crippen molar-refractivity contribution in [2.24, 2.45) is 0 Å². The molecule has 0 aromatic rings. The molecule has 0 aliphatic carbocycles. The Hall–Kier alpha value is -0.330. The van der Waals surface area contributed by atoms with Crippen molar-refractivity contribution in [3.63, 3.8) is 0 Å². The Morgan fingerprint density at radius 1 is 1.00 bits per heavy atom. The number of hydrogen-bond donors (Lipinski definition) is 1. The number of hydrogen-bond acceptors (Lipinski definition) is 3. The molecular weight excluding hydrogens is 243 g/mol. The van der Waals surface area contributed by atoms with Crippen molar-refractivity contribution in [2.75, 3.05) is 52.4 Å². The normalized spacial score (nSPS) is 19.3. The van der Waals surface area contributed by atoms with E-state index in [2.05, 4.69) is 17.1 Å². The van der Waals surface area contributed by atoms with Crippen LogP contribution in [0, 0.1) is 0 Å². The van der Waals surface area contributed by atoms with Crippen LogP contribution in [0.1, 0.15) is 19.8 Å². The van der Waals surface area contributed by atoms with Gasteiger partial charge in [0.05, 0.1) is 6.54 Å². The van der Waals surface area contributed by atoms with Crippen molar-refractivity contribution >= 4 is 0 Å². The van der Waals surface area contributed by atoms with Gasteiger partial charge in [0.2, 0.25) is 0 Å². The largest absolute Gasteiger partial charge is 0.401 e. The number of alkyl halides is 3. The van der Waals surface area contributed by atoms with E-state index in [4.69, 9.17) is 0 Å². The third kappa shape index (κ3) is 7.18. The van der Waals surface area contributed by atoms with E-state index in [9.17, 15) is 13.2 Å². The Morgan fingerprint density at radius 3 is 2.17 bits per heavy atom. The zero-order valence-corrected chi connectivity index (χ0v) is 11.1. The Bertz CT molecular complexity index is 213. The van der Waals surface area contributed by atoms with Crippen LogP contribution in [0.2, 0.25) is 0 Å². The lowest BCUT2D eigenvalue weighted by molar-refractivity contribution is -0.149. The monoisotopic (exact) mass is 267 g/mol. The number of nitrogens with one attached hydrogen (secondary N) is 1. The lowest BCUT2D eigenvalue weighted by Crippen LogP contribution is -2.50. The van der Waals surface area contributed by atoms with Gasteiger partial charge in [0.15, 0.2) is 0 Å². The van der Waals surface area contributed by atoms with Gasteiger partial charge in [0, 0.05) is 39.3 Å². The molecule has 0 spiro atoms. The Morgan fingerprint density at radius 2 is 1.61 bits per heavy atom. The molecule has 0 atom stereocenters. The van der Waals surface area contributed by atoms with Gasteiger partial charge < -0.3 is 5.32 Å². The van der Waals surface area contributed by atoms with Crippen molar-refractivity contribution in [1.82, 2.24) is 15.1 Å². The molecule has 3 nitrogen and oxygen atoms in total. The second-order valence-electron chi connectivity index (χ2n) is 4.84. The van der Waals surface area contributed by atoms with Crippen molar-refractivity contribution in [3.05, 3.63) is 0 Å².